The Balaban J connectivity index is 2.16. The molecule has 0 radical (unpaired) electrons. The largest absolute Gasteiger partial charge is 0.384 e. The van der Waals surface area contributed by atoms with Gasteiger partial charge in [-0.1, -0.05) is 11.8 Å². The van der Waals surface area contributed by atoms with Gasteiger partial charge < -0.3 is 15.4 Å². The molecule has 5 nitrogen and oxygen atoms in total. The van der Waals surface area contributed by atoms with Crippen LogP contribution >= 0.6 is 0 Å². The van der Waals surface area contributed by atoms with E-state index in [4.69, 9.17) is 5.11 Å². The maximum absolute atomic E-state index is 13.2. The van der Waals surface area contributed by atoms with Crippen molar-refractivity contribution in [1.82, 2.24) is 15.3 Å². The van der Waals surface area contributed by atoms with E-state index in [9.17, 15) is 9.18 Å². The molecule has 0 aliphatic heterocycles. The minimum absolute atomic E-state index is 0.237. The van der Waals surface area contributed by atoms with E-state index >= 15 is 0 Å². The molecule has 0 fully saturated rings. The Labute approximate surface area is 114 Å². The molecule has 102 valence electrons. The van der Waals surface area contributed by atoms with E-state index < -0.39 is 5.82 Å². The highest BCUT2D eigenvalue weighted by Gasteiger charge is 2.11. The summed E-state index contributed by atoms with van der Waals surface area (Å²) in [6, 6.07) is 3.71. The second-order valence-corrected chi connectivity index (χ2v) is 3.91. The fourth-order valence-electron chi connectivity index (χ4n) is 1.60. The maximum Gasteiger partial charge on any atom is 0.252 e. The number of nitrogens with one attached hydrogen (secondary N) is 2. The van der Waals surface area contributed by atoms with Crippen molar-refractivity contribution in [1.29, 1.82) is 0 Å². The number of H-pyrrole nitrogens is 1. The number of hydrogen-bond acceptors (Lipinski definition) is 3. The molecule has 1 aromatic carbocycles. The summed E-state index contributed by atoms with van der Waals surface area (Å²) in [4.78, 5) is 18.7. The molecule has 0 unspecified atom stereocenters. The van der Waals surface area contributed by atoms with Crippen molar-refractivity contribution in [2.75, 3.05) is 6.61 Å². The van der Waals surface area contributed by atoms with Gasteiger partial charge in [0.2, 0.25) is 0 Å². The van der Waals surface area contributed by atoms with E-state index in [0.29, 0.717) is 0 Å². The first-order valence-corrected chi connectivity index (χ1v) is 5.85. The SMILES string of the molecule is O=C(NCc1cnc[nH]1)c1ccc(F)cc1C#CCO. The lowest BCUT2D eigenvalue weighted by Gasteiger charge is -2.06. The summed E-state index contributed by atoms with van der Waals surface area (Å²) in [5, 5.41) is 11.4. The highest BCUT2D eigenvalue weighted by molar-refractivity contribution is 5.96. The lowest BCUT2D eigenvalue weighted by molar-refractivity contribution is 0.0950. The van der Waals surface area contributed by atoms with Crippen molar-refractivity contribution in [2.45, 2.75) is 6.54 Å². The monoisotopic (exact) mass is 273 g/mol. The predicted molar refractivity (Wildman–Crippen MR) is 70.1 cm³/mol. The first-order chi connectivity index (χ1) is 9.70. The number of carbonyl (C=O) groups is 1. The summed E-state index contributed by atoms with van der Waals surface area (Å²) in [7, 11) is 0. The maximum atomic E-state index is 13.2. The molecule has 0 aliphatic rings. The van der Waals surface area contributed by atoms with Crippen LogP contribution in [0, 0.1) is 17.7 Å². The highest BCUT2D eigenvalue weighted by Crippen LogP contribution is 2.10. The van der Waals surface area contributed by atoms with E-state index in [1.807, 2.05) is 0 Å². The van der Waals surface area contributed by atoms with Crippen LogP contribution in [-0.4, -0.2) is 27.6 Å². The van der Waals surface area contributed by atoms with Gasteiger partial charge in [0.25, 0.3) is 5.91 Å². The number of carbonyl (C=O) groups excluding carboxylic acids is 1. The zero-order valence-electron chi connectivity index (χ0n) is 10.5. The summed E-state index contributed by atoms with van der Waals surface area (Å²) in [6.45, 7) is -0.0746. The molecule has 1 amide bonds. The summed E-state index contributed by atoms with van der Waals surface area (Å²) >= 11 is 0. The quantitative estimate of drug-likeness (QED) is 0.725. The van der Waals surface area contributed by atoms with Gasteiger partial charge in [-0.15, -0.1) is 0 Å². The molecule has 0 atom stereocenters. The summed E-state index contributed by atoms with van der Waals surface area (Å²) in [5.41, 5.74) is 1.25. The lowest BCUT2D eigenvalue weighted by Crippen LogP contribution is -2.24. The van der Waals surface area contributed by atoms with Crippen LogP contribution in [0.1, 0.15) is 21.6 Å². The van der Waals surface area contributed by atoms with E-state index in [0.717, 1.165) is 11.8 Å². The first kappa shape index (κ1) is 13.8. The number of aliphatic hydroxyl groups is 1. The number of benzene rings is 1. The third kappa shape index (κ3) is 3.43. The Kier molecular flexibility index (Phi) is 4.47. The third-order valence-electron chi connectivity index (χ3n) is 2.52. The molecule has 20 heavy (non-hydrogen) atoms. The fraction of sp³-hybridized carbons (Fsp3) is 0.143. The average molecular weight is 273 g/mol. The number of amides is 1. The number of rotatable bonds is 3. The Bertz CT molecular complexity index is 657. The summed E-state index contributed by atoms with van der Waals surface area (Å²) in [6.07, 6.45) is 3.11. The number of aromatic nitrogens is 2. The number of hydrogen-bond donors (Lipinski definition) is 3. The normalized spacial score (nSPS) is 9.70. The van der Waals surface area contributed by atoms with Crippen molar-refractivity contribution in [3.63, 3.8) is 0 Å². The molecule has 0 aliphatic carbocycles. The zero-order chi connectivity index (χ0) is 14.4. The zero-order valence-corrected chi connectivity index (χ0v) is 10.5. The molecule has 0 spiro atoms. The molecule has 6 heteroatoms. The smallest absolute Gasteiger partial charge is 0.252 e. The van der Waals surface area contributed by atoms with E-state index in [-0.39, 0.29) is 30.2 Å². The summed E-state index contributed by atoms with van der Waals surface area (Å²) < 4.78 is 13.2. The fourth-order valence-corrected chi connectivity index (χ4v) is 1.60. The van der Waals surface area contributed by atoms with Gasteiger partial charge in [0.15, 0.2) is 0 Å². The van der Waals surface area contributed by atoms with E-state index in [2.05, 4.69) is 27.1 Å². The molecule has 0 bridgehead atoms. The van der Waals surface area contributed by atoms with Crippen molar-refractivity contribution in [2.24, 2.45) is 0 Å². The van der Waals surface area contributed by atoms with Gasteiger partial charge in [-0.3, -0.25) is 4.79 Å². The van der Waals surface area contributed by atoms with E-state index in [1.165, 1.54) is 18.5 Å². The van der Waals surface area contributed by atoms with Gasteiger partial charge in [0, 0.05) is 11.8 Å². The summed E-state index contributed by atoms with van der Waals surface area (Å²) in [5.74, 6) is 4.09. The number of halogens is 1. The Morgan fingerprint density at radius 3 is 3.05 bits per heavy atom. The van der Waals surface area contributed by atoms with Crippen LogP contribution < -0.4 is 5.32 Å². The molecule has 2 rings (SSSR count). The second kappa shape index (κ2) is 6.50. The van der Waals surface area contributed by atoms with Gasteiger partial charge >= 0.3 is 0 Å². The Hall–Kier alpha value is -2.65. The molecular formula is C14H12FN3O2. The van der Waals surface area contributed by atoms with Crippen LogP contribution in [0.15, 0.2) is 30.7 Å². The molecule has 0 saturated carbocycles. The van der Waals surface area contributed by atoms with Crippen molar-refractivity contribution >= 4 is 5.91 Å². The third-order valence-corrected chi connectivity index (χ3v) is 2.52. The van der Waals surface area contributed by atoms with Crippen LogP contribution in [0.3, 0.4) is 0 Å². The Morgan fingerprint density at radius 2 is 2.35 bits per heavy atom. The number of nitrogens with zero attached hydrogens (tertiary/aromatic N) is 1. The first-order valence-electron chi connectivity index (χ1n) is 5.85. The molecule has 1 aromatic heterocycles. The van der Waals surface area contributed by atoms with Crippen molar-refractivity contribution < 1.29 is 14.3 Å². The van der Waals surface area contributed by atoms with Gasteiger partial charge in [-0.2, -0.15) is 0 Å². The van der Waals surface area contributed by atoms with Crippen molar-refractivity contribution in [3.05, 3.63) is 53.4 Å². The number of aliphatic hydroxyl groups excluding tert-OH is 1. The molecular weight excluding hydrogens is 261 g/mol. The van der Waals surface area contributed by atoms with Crippen molar-refractivity contribution in [3.8, 4) is 11.8 Å². The highest BCUT2D eigenvalue weighted by atomic mass is 19.1. The van der Waals surface area contributed by atoms with Gasteiger partial charge in [-0.25, -0.2) is 9.37 Å². The Morgan fingerprint density at radius 1 is 1.50 bits per heavy atom. The molecule has 0 saturated heterocycles. The van der Waals surface area contributed by atoms with E-state index in [1.54, 1.807) is 6.20 Å². The molecule has 1 heterocycles. The number of imidazole rings is 1. The van der Waals surface area contributed by atoms with Gasteiger partial charge in [0.1, 0.15) is 12.4 Å². The van der Waals surface area contributed by atoms with Crippen LogP contribution in [0.2, 0.25) is 0 Å². The predicted octanol–water partition coefficient (Wildman–Crippen LogP) is 0.823. The van der Waals surface area contributed by atoms with Crippen LogP contribution in [0.25, 0.3) is 0 Å². The van der Waals surface area contributed by atoms with Crippen LogP contribution in [0.5, 0.6) is 0 Å². The standard InChI is InChI=1S/C14H12FN3O2/c15-11-3-4-13(10(6-11)2-1-5-19)14(20)17-8-12-7-16-9-18-12/h3-4,6-7,9,19H,5,8H2,(H,16,18)(H,17,20). The average Bonchev–Trinajstić information content (AvgIpc) is 2.96. The van der Waals surface area contributed by atoms with Crippen LogP contribution in [-0.2, 0) is 6.54 Å². The second-order valence-electron chi connectivity index (χ2n) is 3.91. The van der Waals surface area contributed by atoms with Gasteiger partial charge in [0.05, 0.1) is 24.1 Å². The van der Waals surface area contributed by atoms with Gasteiger partial charge in [-0.05, 0) is 18.2 Å². The minimum atomic E-state index is -0.489. The lowest BCUT2D eigenvalue weighted by atomic mass is 10.1. The molecule has 3 N–H and O–H groups in total. The van der Waals surface area contributed by atoms with Crippen LogP contribution in [0.4, 0.5) is 4.39 Å². The topological polar surface area (TPSA) is 78.0 Å². The number of aromatic amines is 1. The molecule has 2 aromatic rings. The minimum Gasteiger partial charge on any atom is -0.384 e.